The summed E-state index contributed by atoms with van der Waals surface area (Å²) in [7, 11) is 1.55. The summed E-state index contributed by atoms with van der Waals surface area (Å²) in [5.74, 6) is 1.34. The highest BCUT2D eigenvalue weighted by molar-refractivity contribution is 5.86. The normalized spacial score (nSPS) is 17.8. The molecule has 2 bridgehead atoms. The lowest BCUT2D eigenvalue weighted by Gasteiger charge is -2.53. The minimum absolute atomic E-state index is 0.0648. The van der Waals surface area contributed by atoms with Crippen LogP contribution in [0.3, 0.4) is 0 Å². The maximum absolute atomic E-state index is 13.9. The van der Waals surface area contributed by atoms with Gasteiger partial charge < -0.3 is 19.7 Å². The van der Waals surface area contributed by atoms with E-state index in [0.29, 0.717) is 65.1 Å². The molecule has 0 saturated carbocycles. The molecule has 5 aromatic rings. The third-order valence-electron chi connectivity index (χ3n) is 7.60. The van der Waals surface area contributed by atoms with E-state index in [1.54, 1.807) is 37.2 Å². The minimum atomic E-state index is -2.79. The van der Waals surface area contributed by atoms with Crippen LogP contribution in [-0.2, 0) is 4.74 Å². The van der Waals surface area contributed by atoms with Gasteiger partial charge in [0.25, 0.3) is 6.43 Å². The van der Waals surface area contributed by atoms with Crippen LogP contribution in [0.5, 0.6) is 5.75 Å². The van der Waals surface area contributed by atoms with Gasteiger partial charge in [-0.25, -0.2) is 23.4 Å². The fourth-order valence-electron chi connectivity index (χ4n) is 5.61. The SMILES string of the molecule is COc1cc2c(cc1Nc1cc(N3C4COCC3C4)cnn1)ncn2-c1ccc(C(F)F)c(-n2nc(C#N)cc2C)n1. The summed E-state index contributed by atoms with van der Waals surface area (Å²) in [5.41, 5.74) is 3.17. The van der Waals surface area contributed by atoms with E-state index in [1.807, 2.05) is 18.2 Å². The van der Waals surface area contributed by atoms with E-state index in [1.165, 1.54) is 22.9 Å². The van der Waals surface area contributed by atoms with Crippen LogP contribution in [0.25, 0.3) is 22.7 Å². The van der Waals surface area contributed by atoms with E-state index in [-0.39, 0.29) is 17.1 Å². The molecular formula is C28H24F2N10O2. The standard InChI is InChI=1S/C28H24F2N10O2/c1-15-5-16(10-31)37-40(15)28-20(27(29)30)3-4-26(35-28)38-14-32-21-8-22(24(41-2)9-23(21)38)34-25-7-17(11-33-36-25)39-18-6-19(39)13-42-12-18/h3-5,7-9,11,14,18-19,27H,6,12-13H2,1-2H3,(H,34,36). The second-order valence-electron chi connectivity index (χ2n) is 10.1. The monoisotopic (exact) mass is 570 g/mol. The number of nitriles is 1. The maximum Gasteiger partial charge on any atom is 0.267 e. The zero-order valence-corrected chi connectivity index (χ0v) is 22.6. The number of morpholine rings is 1. The van der Waals surface area contributed by atoms with Crippen LogP contribution in [0.1, 0.15) is 29.8 Å². The molecule has 7 rings (SSSR count). The average molecular weight is 571 g/mol. The summed E-state index contributed by atoms with van der Waals surface area (Å²) in [4.78, 5) is 11.4. The van der Waals surface area contributed by atoms with Crippen LogP contribution in [0.15, 0.2) is 48.9 Å². The van der Waals surface area contributed by atoms with Crippen LogP contribution < -0.4 is 15.0 Å². The molecule has 0 aliphatic carbocycles. The van der Waals surface area contributed by atoms with Gasteiger partial charge in [-0.05, 0) is 37.6 Å². The van der Waals surface area contributed by atoms with Crippen LogP contribution in [0.4, 0.5) is 26.0 Å². The zero-order chi connectivity index (χ0) is 29.0. The molecule has 6 heterocycles. The number of methoxy groups -OCH3 is 1. The molecule has 2 fully saturated rings. The first-order valence-electron chi connectivity index (χ1n) is 13.2. The molecule has 1 N–H and O–H groups in total. The number of halogens is 2. The number of imidazole rings is 1. The molecule has 42 heavy (non-hydrogen) atoms. The fraction of sp³-hybridized carbons (Fsp3) is 0.286. The quantitative estimate of drug-likeness (QED) is 0.303. The van der Waals surface area contributed by atoms with Gasteiger partial charge in [0.2, 0.25) is 0 Å². The molecule has 2 atom stereocenters. The van der Waals surface area contributed by atoms with Crippen molar-refractivity contribution >= 4 is 28.2 Å². The molecule has 12 nitrogen and oxygen atoms in total. The molecule has 212 valence electrons. The van der Waals surface area contributed by atoms with E-state index in [2.05, 4.69) is 35.5 Å². The van der Waals surface area contributed by atoms with Crippen molar-refractivity contribution in [3.63, 3.8) is 0 Å². The number of benzene rings is 1. The van der Waals surface area contributed by atoms with Crippen molar-refractivity contribution < 1.29 is 18.3 Å². The lowest BCUT2D eigenvalue weighted by molar-refractivity contribution is 0.0102. The Morgan fingerprint density at radius 3 is 2.71 bits per heavy atom. The number of ether oxygens (including phenoxy) is 2. The number of hydrogen-bond acceptors (Lipinski definition) is 10. The Labute approximate surface area is 238 Å². The predicted octanol–water partition coefficient (Wildman–Crippen LogP) is 4.24. The average Bonchev–Trinajstić information content (AvgIpc) is 3.59. The highest BCUT2D eigenvalue weighted by Gasteiger charge is 2.42. The van der Waals surface area contributed by atoms with Gasteiger partial charge in [0.1, 0.15) is 24.0 Å². The number of hydrogen-bond donors (Lipinski definition) is 1. The minimum Gasteiger partial charge on any atom is -0.494 e. The van der Waals surface area contributed by atoms with Gasteiger partial charge in [-0.15, -0.1) is 5.10 Å². The van der Waals surface area contributed by atoms with E-state index in [0.717, 1.165) is 12.1 Å². The molecule has 4 aromatic heterocycles. The van der Waals surface area contributed by atoms with E-state index >= 15 is 0 Å². The predicted molar refractivity (Wildman–Crippen MR) is 148 cm³/mol. The van der Waals surface area contributed by atoms with E-state index in [4.69, 9.17) is 9.47 Å². The Bertz CT molecular complexity index is 1850. The van der Waals surface area contributed by atoms with Crippen LogP contribution >= 0.6 is 0 Å². The molecule has 0 amide bonds. The zero-order valence-electron chi connectivity index (χ0n) is 22.6. The largest absolute Gasteiger partial charge is 0.494 e. The van der Waals surface area contributed by atoms with Crippen LogP contribution in [-0.4, -0.2) is 66.9 Å². The first-order valence-corrected chi connectivity index (χ1v) is 13.2. The number of aryl methyl sites for hydroxylation is 1. The lowest BCUT2D eigenvalue weighted by atomic mass is 9.91. The number of alkyl halides is 2. The summed E-state index contributed by atoms with van der Waals surface area (Å²) in [6.45, 7) is 3.09. The van der Waals surface area contributed by atoms with Gasteiger partial charge in [0, 0.05) is 17.8 Å². The summed E-state index contributed by atoms with van der Waals surface area (Å²) >= 11 is 0. The first kappa shape index (κ1) is 25.8. The third-order valence-corrected chi connectivity index (χ3v) is 7.60. The van der Waals surface area contributed by atoms with Crippen LogP contribution in [0.2, 0.25) is 0 Å². The highest BCUT2D eigenvalue weighted by Crippen LogP contribution is 2.38. The van der Waals surface area contributed by atoms with Gasteiger partial charge in [0.05, 0.1) is 66.6 Å². The van der Waals surface area contributed by atoms with Gasteiger partial charge in [-0.3, -0.25) is 4.57 Å². The molecule has 0 radical (unpaired) electrons. The second kappa shape index (κ2) is 10.0. The summed E-state index contributed by atoms with van der Waals surface area (Å²) in [6, 6.07) is 12.5. The molecule has 2 aliphatic rings. The van der Waals surface area contributed by atoms with Crippen molar-refractivity contribution in [1.29, 1.82) is 5.26 Å². The van der Waals surface area contributed by atoms with Gasteiger partial charge in [0.15, 0.2) is 17.3 Å². The molecule has 1 aromatic carbocycles. The summed E-state index contributed by atoms with van der Waals surface area (Å²) < 4.78 is 42.1. The highest BCUT2D eigenvalue weighted by atomic mass is 19.3. The number of fused-ring (bicyclic) bond motifs is 3. The summed E-state index contributed by atoms with van der Waals surface area (Å²) in [6.07, 6.45) is 1.63. The number of anilines is 3. The Balaban J connectivity index is 1.24. The molecule has 2 unspecified atom stereocenters. The Morgan fingerprint density at radius 1 is 1.17 bits per heavy atom. The number of nitrogens with one attached hydrogen (secondary N) is 1. The van der Waals surface area contributed by atoms with Gasteiger partial charge in [-0.1, -0.05) is 0 Å². The number of aromatic nitrogens is 7. The van der Waals surface area contributed by atoms with Crippen LogP contribution in [0, 0.1) is 18.3 Å². The number of nitrogens with zero attached hydrogens (tertiary/aromatic N) is 9. The van der Waals surface area contributed by atoms with Crippen molar-refractivity contribution in [2.24, 2.45) is 0 Å². The van der Waals surface area contributed by atoms with E-state index < -0.39 is 6.43 Å². The molecule has 0 spiro atoms. The van der Waals surface area contributed by atoms with Gasteiger partial charge >= 0.3 is 0 Å². The smallest absolute Gasteiger partial charge is 0.267 e. The number of rotatable bonds is 7. The maximum atomic E-state index is 13.9. The summed E-state index contributed by atoms with van der Waals surface area (Å²) in [5, 5.41) is 25.1. The second-order valence-corrected chi connectivity index (χ2v) is 10.1. The Morgan fingerprint density at radius 2 is 2.00 bits per heavy atom. The molecular weight excluding hydrogens is 546 g/mol. The Kier molecular flexibility index (Phi) is 6.16. The first-order chi connectivity index (χ1) is 20.4. The van der Waals surface area contributed by atoms with Crippen molar-refractivity contribution in [2.45, 2.75) is 31.9 Å². The number of pyridine rings is 1. The van der Waals surface area contributed by atoms with Crippen molar-refractivity contribution in [3.8, 4) is 23.5 Å². The molecule has 2 aliphatic heterocycles. The van der Waals surface area contributed by atoms with E-state index in [9.17, 15) is 14.0 Å². The fourth-order valence-corrected chi connectivity index (χ4v) is 5.61. The van der Waals surface area contributed by atoms with Gasteiger partial charge in [-0.2, -0.15) is 15.5 Å². The van der Waals surface area contributed by atoms with Crippen molar-refractivity contribution in [2.75, 3.05) is 30.5 Å². The van der Waals surface area contributed by atoms with Crippen molar-refractivity contribution in [3.05, 3.63) is 65.9 Å². The van der Waals surface area contributed by atoms with Crippen molar-refractivity contribution in [1.82, 2.24) is 34.5 Å². The molecule has 14 heteroatoms. The molecule has 2 saturated heterocycles. The third kappa shape index (κ3) is 4.25. The Hall–Kier alpha value is -5.16. The lowest BCUT2D eigenvalue weighted by Crippen LogP contribution is -2.64. The topological polar surface area (TPSA) is 132 Å².